The van der Waals surface area contributed by atoms with Crippen LogP contribution in [0.1, 0.15) is 38.2 Å². The summed E-state index contributed by atoms with van der Waals surface area (Å²) in [5.41, 5.74) is 3.03. The van der Waals surface area contributed by atoms with Gasteiger partial charge in [0.25, 0.3) is 0 Å². The molecule has 0 aliphatic heterocycles. The van der Waals surface area contributed by atoms with Gasteiger partial charge in [0.1, 0.15) is 11.9 Å². The third kappa shape index (κ3) is 6.06. The van der Waals surface area contributed by atoms with Crippen molar-refractivity contribution in [2.75, 3.05) is 7.11 Å². The van der Waals surface area contributed by atoms with Gasteiger partial charge >= 0.3 is 0 Å². The monoisotopic (exact) mass is 326 g/mol. The first kappa shape index (κ1) is 19.7. The maximum atomic E-state index is 11.7. The Balaban J connectivity index is 0.00000139. The van der Waals surface area contributed by atoms with E-state index >= 15 is 0 Å². The summed E-state index contributed by atoms with van der Waals surface area (Å²) in [6.07, 6.45) is 2.50. The first-order valence-corrected chi connectivity index (χ1v) is 8.11. The first-order chi connectivity index (χ1) is 11.6. The van der Waals surface area contributed by atoms with Gasteiger partial charge in [-0.3, -0.25) is 4.79 Å². The Bertz CT molecular complexity index is 647. The highest BCUT2D eigenvalue weighted by Gasteiger charge is 2.21. The van der Waals surface area contributed by atoms with Crippen molar-refractivity contribution in [3.05, 3.63) is 54.1 Å². The molecule has 0 fully saturated rings. The summed E-state index contributed by atoms with van der Waals surface area (Å²) in [6, 6.07) is 7.89. The largest absolute Gasteiger partial charge is 0.497 e. The lowest BCUT2D eigenvalue weighted by molar-refractivity contribution is -0.115. The van der Waals surface area contributed by atoms with E-state index in [0.717, 1.165) is 35.3 Å². The highest BCUT2D eigenvalue weighted by molar-refractivity contribution is 5.98. The van der Waals surface area contributed by atoms with Crippen molar-refractivity contribution < 1.29 is 14.6 Å². The van der Waals surface area contributed by atoms with E-state index in [4.69, 9.17) is 4.74 Å². The van der Waals surface area contributed by atoms with Crippen molar-refractivity contribution in [1.29, 1.82) is 0 Å². The zero-order valence-corrected chi connectivity index (χ0v) is 14.6. The van der Waals surface area contributed by atoms with E-state index in [1.807, 2.05) is 31.2 Å². The van der Waals surface area contributed by atoms with Gasteiger partial charge in [-0.15, -0.1) is 19.1 Å². The van der Waals surface area contributed by atoms with Gasteiger partial charge in [-0.05, 0) is 43.0 Å². The predicted octanol–water partition coefficient (Wildman–Crippen LogP) is 3.86. The summed E-state index contributed by atoms with van der Waals surface area (Å²) in [4.78, 5) is 11.7. The molecular formula is C21H26O3. The number of Topliss-reactive ketones (excluding diaryl/α,β-unsaturated/α-hetero) is 1. The molecule has 0 bridgehead atoms. The number of methoxy groups -OCH3 is 1. The van der Waals surface area contributed by atoms with E-state index in [1.54, 1.807) is 7.11 Å². The highest BCUT2D eigenvalue weighted by atomic mass is 16.5. The molecule has 1 aliphatic carbocycles. The Kier molecular flexibility index (Phi) is 8.60. The second kappa shape index (κ2) is 10.5. The van der Waals surface area contributed by atoms with Crippen LogP contribution >= 0.6 is 0 Å². The van der Waals surface area contributed by atoms with Crippen LogP contribution in [-0.4, -0.2) is 24.1 Å². The van der Waals surface area contributed by atoms with Crippen molar-refractivity contribution in [2.24, 2.45) is 0 Å². The first-order valence-electron chi connectivity index (χ1n) is 8.11. The van der Waals surface area contributed by atoms with E-state index in [2.05, 4.69) is 25.0 Å². The number of aryl methyl sites for hydroxylation is 1. The molecule has 0 aromatic heterocycles. The SMILES string of the molecule is C=C.COc1cccc(CCC#CC(O)CC2=C(C)CCC2=O)c1. The molecule has 1 unspecified atom stereocenters. The highest BCUT2D eigenvalue weighted by Crippen LogP contribution is 2.25. The third-order valence-electron chi connectivity index (χ3n) is 3.92. The van der Waals surface area contributed by atoms with Crippen LogP contribution in [0.3, 0.4) is 0 Å². The van der Waals surface area contributed by atoms with Crippen LogP contribution in [0.5, 0.6) is 5.75 Å². The second-order valence-corrected chi connectivity index (χ2v) is 5.57. The lowest BCUT2D eigenvalue weighted by Crippen LogP contribution is -2.08. The van der Waals surface area contributed by atoms with Gasteiger partial charge in [0.05, 0.1) is 7.11 Å². The molecule has 0 saturated carbocycles. The summed E-state index contributed by atoms with van der Waals surface area (Å²) in [5.74, 6) is 6.84. The number of carbonyl (C=O) groups is 1. The maximum Gasteiger partial charge on any atom is 0.159 e. The fourth-order valence-corrected chi connectivity index (χ4v) is 2.60. The van der Waals surface area contributed by atoms with Crippen LogP contribution in [-0.2, 0) is 11.2 Å². The van der Waals surface area contributed by atoms with Crippen molar-refractivity contribution >= 4 is 5.78 Å². The van der Waals surface area contributed by atoms with Crippen LogP contribution in [0.4, 0.5) is 0 Å². The number of allylic oxidation sites excluding steroid dienone is 1. The van der Waals surface area contributed by atoms with Crippen molar-refractivity contribution in [2.45, 2.75) is 45.1 Å². The summed E-state index contributed by atoms with van der Waals surface area (Å²) in [7, 11) is 1.65. The zero-order valence-electron chi connectivity index (χ0n) is 14.6. The Labute approximate surface area is 145 Å². The summed E-state index contributed by atoms with van der Waals surface area (Å²) >= 11 is 0. The Hall–Kier alpha value is -2.31. The molecule has 1 N–H and O–H groups in total. The Morgan fingerprint density at radius 1 is 1.33 bits per heavy atom. The lowest BCUT2D eigenvalue weighted by atomic mass is 10.0. The number of aliphatic hydroxyl groups is 1. The molecular weight excluding hydrogens is 300 g/mol. The van der Waals surface area contributed by atoms with Crippen molar-refractivity contribution in [1.82, 2.24) is 0 Å². The topological polar surface area (TPSA) is 46.5 Å². The molecule has 0 amide bonds. The predicted molar refractivity (Wildman–Crippen MR) is 97.9 cm³/mol. The smallest absolute Gasteiger partial charge is 0.159 e. The van der Waals surface area contributed by atoms with Gasteiger partial charge in [-0.1, -0.05) is 23.6 Å². The fraction of sp³-hybridized carbons (Fsp3) is 0.381. The maximum absolute atomic E-state index is 11.7. The quantitative estimate of drug-likeness (QED) is 0.660. The minimum absolute atomic E-state index is 0.162. The molecule has 0 heterocycles. The number of ketones is 1. The van der Waals surface area contributed by atoms with Crippen LogP contribution in [0.2, 0.25) is 0 Å². The average Bonchev–Trinajstić information content (AvgIpc) is 2.92. The molecule has 0 spiro atoms. The number of ether oxygens (including phenoxy) is 1. The van der Waals surface area contributed by atoms with Crippen molar-refractivity contribution in [3.8, 4) is 17.6 Å². The molecule has 0 saturated heterocycles. The number of hydrogen-bond donors (Lipinski definition) is 1. The molecule has 1 aromatic carbocycles. The van der Waals surface area contributed by atoms with E-state index in [1.165, 1.54) is 0 Å². The third-order valence-corrected chi connectivity index (χ3v) is 3.92. The van der Waals surface area contributed by atoms with E-state index in [0.29, 0.717) is 19.3 Å². The van der Waals surface area contributed by atoms with Crippen LogP contribution in [0, 0.1) is 11.8 Å². The molecule has 1 atom stereocenters. The van der Waals surface area contributed by atoms with E-state index < -0.39 is 6.10 Å². The van der Waals surface area contributed by atoms with Gasteiger partial charge < -0.3 is 9.84 Å². The molecule has 1 aromatic rings. The number of hydrogen-bond acceptors (Lipinski definition) is 3. The number of carbonyl (C=O) groups excluding carboxylic acids is 1. The van der Waals surface area contributed by atoms with Crippen LogP contribution in [0.15, 0.2) is 48.6 Å². The Morgan fingerprint density at radius 3 is 2.71 bits per heavy atom. The molecule has 128 valence electrons. The minimum atomic E-state index is -0.752. The van der Waals surface area contributed by atoms with Gasteiger partial charge in [0, 0.05) is 19.3 Å². The molecule has 2 rings (SSSR count). The molecule has 3 heteroatoms. The molecule has 24 heavy (non-hydrogen) atoms. The zero-order chi connectivity index (χ0) is 17.9. The second-order valence-electron chi connectivity index (χ2n) is 5.57. The van der Waals surface area contributed by atoms with E-state index in [9.17, 15) is 9.90 Å². The average molecular weight is 326 g/mol. The molecule has 3 nitrogen and oxygen atoms in total. The minimum Gasteiger partial charge on any atom is -0.497 e. The van der Waals surface area contributed by atoms with Crippen LogP contribution in [0.25, 0.3) is 0 Å². The number of aliphatic hydroxyl groups excluding tert-OH is 1. The number of benzene rings is 1. The summed E-state index contributed by atoms with van der Waals surface area (Å²) in [5, 5.41) is 9.94. The lowest BCUT2D eigenvalue weighted by Gasteiger charge is -2.05. The molecule has 1 aliphatic rings. The molecule has 0 radical (unpaired) electrons. The van der Waals surface area contributed by atoms with Gasteiger partial charge in [-0.25, -0.2) is 0 Å². The van der Waals surface area contributed by atoms with Crippen LogP contribution < -0.4 is 4.74 Å². The standard InChI is InChI=1S/C19H22O3.C2H4/c1-14-10-11-19(21)18(14)13-16(20)8-4-3-6-15-7-5-9-17(12-15)22-2;1-2/h5,7,9,12,16,20H,3,6,10-11,13H2,1-2H3;1-2H2. The fourth-order valence-electron chi connectivity index (χ4n) is 2.60. The van der Waals surface area contributed by atoms with E-state index in [-0.39, 0.29) is 5.78 Å². The normalized spacial score (nSPS) is 14.4. The summed E-state index contributed by atoms with van der Waals surface area (Å²) < 4.78 is 5.18. The van der Waals surface area contributed by atoms with Crippen molar-refractivity contribution in [3.63, 3.8) is 0 Å². The van der Waals surface area contributed by atoms with Gasteiger partial charge in [-0.2, -0.15) is 0 Å². The Morgan fingerprint density at radius 2 is 2.08 bits per heavy atom. The van der Waals surface area contributed by atoms with Gasteiger partial charge in [0.2, 0.25) is 0 Å². The summed E-state index contributed by atoms with van der Waals surface area (Å²) in [6.45, 7) is 7.96. The number of rotatable bonds is 5. The van der Waals surface area contributed by atoms with Gasteiger partial charge in [0.15, 0.2) is 5.78 Å².